The van der Waals surface area contributed by atoms with E-state index in [0.29, 0.717) is 18.8 Å². The summed E-state index contributed by atoms with van der Waals surface area (Å²) in [5, 5.41) is 13.4. The number of benzene rings is 2. The van der Waals surface area contributed by atoms with Crippen molar-refractivity contribution in [1.29, 1.82) is 0 Å². The molecule has 0 atom stereocenters. The molecule has 160 valence electrons. The number of anilines is 1. The minimum absolute atomic E-state index is 0.0995. The van der Waals surface area contributed by atoms with E-state index in [1.165, 1.54) is 40.7 Å². The SMILES string of the molecule is O=C(COc1ccc(S(=O)(=O)N2CCCCC2)cc1)Nc1cc([N+](=O)[O-])ccc1Cl. The third kappa shape index (κ3) is 5.26. The smallest absolute Gasteiger partial charge is 0.271 e. The van der Waals surface area contributed by atoms with Crippen LogP contribution in [0.1, 0.15) is 19.3 Å². The summed E-state index contributed by atoms with van der Waals surface area (Å²) >= 11 is 5.95. The fourth-order valence-electron chi connectivity index (χ4n) is 3.02. The number of sulfonamides is 1. The molecular formula is C19H20ClN3O6S. The second kappa shape index (κ2) is 9.41. The summed E-state index contributed by atoms with van der Waals surface area (Å²) in [4.78, 5) is 22.5. The van der Waals surface area contributed by atoms with Crippen LogP contribution in [0.5, 0.6) is 5.75 Å². The number of nitro benzene ring substituents is 1. The standard InChI is InChI=1S/C19H20ClN3O6S/c20-17-9-4-14(23(25)26)12-18(17)21-19(24)13-29-15-5-7-16(8-6-15)30(27,28)22-10-2-1-3-11-22/h4-9,12H,1-3,10-11,13H2,(H,21,24). The number of hydrogen-bond acceptors (Lipinski definition) is 6. The molecule has 1 N–H and O–H groups in total. The maximum Gasteiger partial charge on any atom is 0.271 e. The molecule has 3 rings (SSSR count). The molecule has 2 aromatic carbocycles. The molecule has 0 saturated carbocycles. The van der Waals surface area contributed by atoms with Gasteiger partial charge >= 0.3 is 0 Å². The number of amides is 1. The summed E-state index contributed by atoms with van der Waals surface area (Å²) in [6, 6.07) is 9.53. The molecule has 0 unspecified atom stereocenters. The van der Waals surface area contributed by atoms with Crippen molar-refractivity contribution in [1.82, 2.24) is 4.31 Å². The molecule has 0 aromatic heterocycles. The van der Waals surface area contributed by atoms with E-state index in [1.807, 2.05) is 0 Å². The number of carbonyl (C=O) groups is 1. The highest BCUT2D eigenvalue weighted by Crippen LogP contribution is 2.27. The Kier molecular flexibility index (Phi) is 6.91. The van der Waals surface area contributed by atoms with Crippen molar-refractivity contribution in [2.24, 2.45) is 0 Å². The van der Waals surface area contributed by atoms with Gasteiger partial charge in [-0.25, -0.2) is 8.42 Å². The molecular weight excluding hydrogens is 434 g/mol. The van der Waals surface area contributed by atoms with Gasteiger partial charge in [-0.3, -0.25) is 14.9 Å². The van der Waals surface area contributed by atoms with Gasteiger partial charge in [0.1, 0.15) is 5.75 Å². The number of ether oxygens (including phenoxy) is 1. The second-order valence-corrected chi connectivity index (χ2v) is 9.04. The van der Waals surface area contributed by atoms with E-state index in [0.717, 1.165) is 25.3 Å². The Balaban J connectivity index is 1.59. The Hall–Kier alpha value is -2.69. The Bertz CT molecular complexity index is 1040. The molecule has 30 heavy (non-hydrogen) atoms. The third-order valence-electron chi connectivity index (χ3n) is 4.58. The molecule has 1 fully saturated rings. The fraction of sp³-hybridized carbons (Fsp3) is 0.316. The van der Waals surface area contributed by atoms with Gasteiger partial charge < -0.3 is 10.1 Å². The van der Waals surface area contributed by atoms with E-state index in [2.05, 4.69) is 5.32 Å². The minimum Gasteiger partial charge on any atom is -0.484 e. The Morgan fingerprint density at radius 2 is 1.80 bits per heavy atom. The lowest BCUT2D eigenvalue weighted by molar-refractivity contribution is -0.384. The monoisotopic (exact) mass is 453 g/mol. The van der Waals surface area contributed by atoms with Crippen LogP contribution in [0.4, 0.5) is 11.4 Å². The minimum atomic E-state index is -3.54. The average Bonchev–Trinajstić information content (AvgIpc) is 2.74. The van der Waals surface area contributed by atoms with E-state index in [9.17, 15) is 23.3 Å². The zero-order chi connectivity index (χ0) is 21.7. The van der Waals surface area contributed by atoms with Gasteiger partial charge in [0.15, 0.2) is 6.61 Å². The van der Waals surface area contributed by atoms with Crippen LogP contribution < -0.4 is 10.1 Å². The summed E-state index contributed by atoms with van der Waals surface area (Å²) in [6.45, 7) is 0.652. The second-order valence-electron chi connectivity index (χ2n) is 6.69. The topological polar surface area (TPSA) is 119 Å². The fourth-order valence-corrected chi connectivity index (χ4v) is 4.70. The van der Waals surface area contributed by atoms with Gasteiger partial charge in [0.2, 0.25) is 10.0 Å². The van der Waals surface area contributed by atoms with Crippen LogP contribution in [-0.4, -0.2) is 43.2 Å². The van der Waals surface area contributed by atoms with E-state index in [4.69, 9.17) is 16.3 Å². The van der Waals surface area contributed by atoms with Crippen molar-refractivity contribution in [3.05, 3.63) is 57.6 Å². The molecule has 1 heterocycles. The van der Waals surface area contributed by atoms with Gasteiger partial charge in [-0.2, -0.15) is 4.31 Å². The predicted molar refractivity (Wildman–Crippen MR) is 111 cm³/mol. The van der Waals surface area contributed by atoms with Crippen molar-refractivity contribution < 1.29 is 22.9 Å². The number of non-ortho nitro benzene ring substituents is 1. The van der Waals surface area contributed by atoms with Crippen molar-refractivity contribution in [2.45, 2.75) is 24.2 Å². The molecule has 9 nitrogen and oxygen atoms in total. The Morgan fingerprint density at radius 3 is 2.43 bits per heavy atom. The maximum atomic E-state index is 12.6. The Labute approximate surface area is 178 Å². The van der Waals surface area contributed by atoms with Crippen LogP contribution in [-0.2, 0) is 14.8 Å². The van der Waals surface area contributed by atoms with Gasteiger partial charge in [0, 0.05) is 25.2 Å². The highest BCUT2D eigenvalue weighted by atomic mass is 35.5. The first-order valence-corrected chi connectivity index (χ1v) is 11.1. The zero-order valence-corrected chi connectivity index (χ0v) is 17.5. The molecule has 1 aliphatic heterocycles. The molecule has 0 bridgehead atoms. The summed E-state index contributed by atoms with van der Waals surface area (Å²) < 4.78 is 32.1. The first kappa shape index (κ1) is 22.0. The number of rotatable bonds is 7. The lowest BCUT2D eigenvalue weighted by atomic mass is 10.2. The van der Waals surface area contributed by atoms with Crippen LogP contribution >= 0.6 is 11.6 Å². The molecule has 0 spiro atoms. The maximum absolute atomic E-state index is 12.6. The molecule has 1 saturated heterocycles. The number of hydrogen-bond donors (Lipinski definition) is 1. The summed E-state index contributed by atoms with van der Waals surface area (Å²) in [6.07, 6.45) is 2.73. The number of carbonyl (C=O) groups excluding carboxylic acids is 1. The van der Waals surface area contributed by atoms with E-state index < -0.39 is 20.9 Å². The van der Waals surface area contributed by atoms with E-state index in [1.54, 1.807) is 0 Å². The molecule has 2 aromatic rings. The summed E-state index contributed by atoms with van der Waals surface area (Å²) in [7, 11) is -3.54. The van der Waals surface area contributed by atoms with Crippen LogP contribution in [0, 0.1) is 10.1 Å². The van der Waals surface area contributed by atoms with Gasteiger partial charge in [-0.1, -0.05) is 18.0 Å². The van der Waals surface area contributed by atoms with E-state index in [-0.39, 0.29) is 27.9 Å². The Morgan fingerprint density at radius 1 is 1.13 bits per heavy atom. The number of halogens is 1. The van der Waals surface area contributed by atoms with Gasteiger partial charge in [-0.05, 0) is 43.2 Å². The van der Waals surface area contributed by atoms with Crippen LogP contribution in [0.2, 0.25) is 5.02 Å². The summed E-state index contributed by atoms with van der Waals surface area (Å²) in [5.41, 5.74) is -0.108. The molecule has 1 amide bonds. The molecule has 1 aliphatic rings. The quantitative estimate of drug-likeness (QED) is 0.506. The van der Waals surface area contributed by atoms with Gasteiger partial charge in [0.25, 0.3) is 11.6 Å². The molecule has 0 radical (unpaired) electrons. The normalized spacial score (nSPS) is 14.8. The lowest BCUT2D eigenvalue weighted by Gasteiger charge is -2.25. The van der Waals surface area contributed by atoms with Crippen molar-refractivity contribution >= 4 is 38.9 Å². The highest BCUT2D eigenvalue weighted by molar-refractivity contribution is 7.89. The van der Waals surface area contributed by atoms with Crippen LogP contribution in [0.3, 0.4) is 0 Å². The largest absolute Gasteiger partial charge is 0.484 e. The van der Waals surface area contributed by atoms with E-state index >= 15 is 0 Å². The van der Waals surface area contributed by atoms with Gasteiger partial charge in [0.05, 0.1) is 20.5 Å². The predicted octanol–water partition coefficient (Wildman–Crippen LogP) is 3.44. The zero-order valence-electron chi connectivity index (χ0n) is 15.9. The van der Waals surface area contributed by atoms with Crippen molar-refractivity contribution in [3.63, 3.8) is 0 Å². The van der Waals surface area contributed by atoms with Crippen molar-refractivity contribution in [2.75, 3.05) is 25.0 Å². The number of nitro groups is 1. The molecule has 0 aliphatic carbocycles. The van der Waals surface area contributed by atoms with Crippen LogP contribution in [0.15, 0.2) is 47.4 Å². The van der Waals surface area contributed by atoms with Crippen LogP contribution in [0.25, 0.3) is 0 Å². The average molecular weight is 454 g/mol. The first-order chi connectivity index (χ1) is 14.3. The number of nitrogens with zero attached hydrogens (tertiary/aromatic N) is 2. The number of piperidine rings is 1. The molecule has 11 heteroatoms. The van der Waals surface area contributed by atoms with Crippen molar-refractivity contribution in [3.8, 4) is 5.75 Å². The summed E-state index contributed by atoms with van der Waals surface area (Å²) in [5.74, 6) is -0.254. The third-order valence-corrected chi connectivity index (χ3v) is 6.82. The lowest BCUT2D eigenvalue weighted by Crippen LogP contribution is -2.35. The first-order valence-electron chi connectivity index (χ1n) is 9.24. The highest BCUT2D eigenvalue weighted by Gasteiger charge is 2.25. The van der Waals surface area contributed by atoms with Gasteiger partial charge in [-0.15, -0.1) is 0 Å². The number of nitrogens with one attached hydrogen (secondary N) is 1.